The predicted molar refractivity (Wildman–Crippen MR) is 129 cm³/mol. The van der Waals surface area contributed by atoms with Crippen LogP contribution in [0.25, 0.3) is 11.2 Å². The molecule has 2 heterocycles. The molecule has 2 aromatic heterocycles. The maximum atomic E-state index is 11.9. The van der Waals surface area contributed by atoms with Crippen molar-refractivity contribution >= 4 is 29.3 Å². The van der Waals surface area contributed by atoms with Crippen molar-refractivity contribution in [2.75, 3.05) is 72.4 Å². The molecule has 0 atom stereocenters. The lowest BCUT2D eigenvalue weighted by Gasteiger charge is -2.10. The van der Waals surface area contributed by atoms with Crippen LogP contribution in [-0.2, 0) is 25.6 Å². The van der Waals surface area contributed by atoms with Crippen LogP contribution < -0.4 is 34.5 Å². The lowest BCUT2D eigenvalue weighted by atomic mass is 10.3. The minimum Gasteiger partial charge on any atom is -1.00 e. The fraction of sp³-hybridized carbons (Fsp3) is 0.667. The van der Waals surface area contributed by atoms with Crippen molar-refractivity contribution in [3.63, 3.8) is 0 Å². The number of carbonyl (C=O) groups is 2. The van der Waals surface area contributed by atoms with Crippen LogP contribution in [0.15, 0.2) is 12.7 Å². The van der Waals surface area contributed by atoms with Crippen LogP contribution in [0.1, 0.15) is 19.3 Å². The van der Waals surface area contributed by atoms with E-state index in [2.05, 4.69) is 36.2 Å². The topological polar surface area (TPSA) is 177 Å². The Hall–Kier alpha value is -2.58. The van der Waals surface area contributed by atoms with E-state index < -0.39 is 0 Å². The molecule has 2 amide bonds. The lowest BCUT2D eigenvalue weighted by molar-refractivity contribution is -0.368. The van der Waals surface area contributed by atoms with E-state index in [9.17, 15) is 9.59 Å². The van der Waals surface area contributed by atoms with Crippen LogP contribution in [-0.4, -0.2) is 103 Å². The third kappa shape index (κ3) is 15.1. The van der Waals surface area contributed by atoms with Crippen molar-refractivity contribution in [2.24, 2.45) is 0 Å². The number of halogens is 1. The highest BCUT2D eigenvalue weighted by Crippen LogP contribution is 2.14. The van der Waals surface area contributed by atoms with Gasteiger partial charge in [-0.05, 0) is 26.9 Å². The van der Waals surface area contributed by atoms with Crippen molar-refractivity contribution in [1.29, 1.82) is 0 Å². The normalized spacial score (nSPS) is 10.4. The summed E-state index contributed by atoms with van der Waals surface area (Å²) in [5, 5.41) is 5.39. The molecule has 0 radical (unpaired) electrons. The van der Waals surface area contributed by atoms with Gasteiger partial charge in [0.25, 0.3) is 0 Å². The van der Waals surface area contributed by atoms with E-state index in [4.69, 9.17) is 15.2 Å². The summed E-state index contributed by atoms with van der Waals surface area (Å²) in [7, 11) is 4.00. The maximum absolute atomic E-state index is 11.9. The number of amides is 2. The van der Waals surface area contributed by atoms with Crippen LogP contribution in [0.3, 0.4) is 0 Å². The summed E-state index contributed by atoms with van der Waals surface area (Å²) in [6.45, 7) is 5.80. The molecule has 200 valence electrons. The zero-order valence-corrected chi connectivity index (χ0v) is 21.5. The second-order valence-corrected chi connectivity index (χ2v) is 7.63. The molecule has 0 unspecified atom stereocenters. The van der Waals surface area contributed by atoms with Gasteiger partial charge in [-0.3, -0.25) is 9.59 Å². The largest absolute Gasteiger partial charge is 1.00 e. The van der Waals surface area contributed by atoms with E-state index in [1.54, 1.807) is 10.9 Å². The molecule has 0 aromatic carbocycles. The van der Waals surface area contributed by atoms with Gasteiger partial charge in [-0.15, -0.1) is 0 Å². The zero-order valence-electron chi connectivity index (χ0n) is 20.7. The summed E-state index contributed by atoms with van der Waals surface area (Å²) in [6, 6.07) is 0. The summed E-state index contributed by atoms with van der Waals surface area (Å²) < 4.78 is 12.6. The number of nitrogens with one attached hydrogen (secondary N) is 2. The van der Waals surface area contributed by atoms with Gasteiger partial charge in [0, 0.05) is 32.6 Å². The van der Waals surface area contributed by atoms with Gasteiger partial charge >= 0.3 is 0 Å². The van der Waals surface area contributed by atoms with Crippen molar-refractivity contribution in [3.8, 4) is 0 Å². The smallest absolute Gasteiger partial charge is 0.221 e. The Morgan fingerprint density at radius 1 is 1.14 bits per heavy atom. The molecule has 13 nitrogen and oxygen atoms in total. The van der Waals surface area contributed by atoms with Gasteiger partial charge in [-0.1, -0.05) is 0 Å². The summed E-state index contributed by atoms with van der Waals surface area (Å²) in [5.74, 6) is 0.278. The standard InChI is InChI=1S/C16H27N7O3.C5H12N2O.ClH/c1-22(2)6-8-26-10-9-25-7-4-18-13(24)3-5-23-12-21-14-15(17)19-11-20-16(14)23;6-3-1-2-4-7-5-8;/h11-12H,3-10H2,1-2H3,(H,18,24)(H2,17,19,20);5H,1-4,6H2,(H,7,8);1H. The van der Waals surface area contributed by atoms with Gasteiger partial charge in [-0.25, -0.2) is 15.0 Å². The number of anilines is 1. The molecule has 2 rings (SSSR count). The Labute approximate surface area is 212 Å². The highest BCUT2D eigenvalue weighted by atomic mass is 35.5. The van der Waals surface area contributed by atoms with E-state index >= 15 is 0 Å². The molecule has 2 aromatic rings. The SMILES string of the molecule is CN(C)CCOCCOCCNC(=O)CCn1cnc2c(N)ncnc21.[Cl-].[NH3+]CCCCNC=O. The number of quaternary nitrogens is 1. The molecule has 7 N–H and O–H groups in total. The summed E-state index contributed by atoms with van der Waals surface area (Å²) in [6.07, 6.45) is 6.19. The Bertz CT molecular complexity index is 823. The second kappa shape index (κ2) is 20.8. The van der Waals surface area contributed by atoms with Crippen LogP contribution in [0.5, 0.6) is 0 Å². The first-order valence-corrected chi connectivity index (χ1v) is 11.4. The van der Waals surface area contributed by atoms with E-state index in [0.717, 1.165) is 38.9 Å². The van der Waals surface area contributed by atoms with Crippen molar-refractivity contribution in [2.45, 2.75) is 25.8 Å². The Morgan fingerprint density at radius 3 is 2.57 bits per heavy atom. The van der Waals surface area contributed by atoms with E-state index in [1.165, 1.54) is 6.33 Å². The number of fused-ring (bicyclic) bond motifs is 1. The molecular weight excluding hydrogens is 478 g/mol. The Kier molecular flexibility index (Phi) is 19.2. The number of aryl methyl sites for hydroxylation is 1. The van der Waals surface area contributed by atoms with Gasteiger partial charge in [0.05, 0.1) is 39.3 Å². The van der Waals surface area contributed by atoms with E-state index in [1.807, 2.05) is 14.1 Å². The number of nitrogens with two attached hydrogens (primary N) is 1. The van der Waals surface area contributed by atoms with Crippen LogP contribution in [0.4, 0.5) is 5.82 Å². The molecule has 0 saturated heterocycles. The molecule has 0 fully saturated rings. The number of ether oxygens (including phenoxy) is 2. The minimum absolute atomic E-state index is 0. The fourth-order valence-corrected chi connectivity index (χ4v) is 2.67. The molecule has 0 saturated carbocycles. The van der Waals surface area contributed by atoms with Gasteiger partial charge in [-0.2, -0.15) is 0 Å². The number of aromatic nitrogens is 4. The molecule has 0 bridgehead atoms. The molecule has 0 aliphatic carbocycles. The molecule has 0 spiro atoms. The summed E-state index contributed by atoms with van der Waals surface area (Å²) in [4.78, 5) is 35.8. The molecule has 14 heteroatoms. The quantitative estimate of drug-likeness (QED) is 0.118. The predicted octanol–water partition coefficient (Wildman–Crippen LogP) is -4.73. The number of rotatable bonds is 17. The Balaban J connectivity index is 0.00000111. The highest BCUT2D eigenvalue weighted by Gasteiger charge is 2.09. The highest BCUT2D eigenvalue weighted by molar-refractivity contribution is 5.81. The number of nitrogen functional groups attached to an aromatic ring is 1. The average molecular weight is 518 g/mol. The van der Waals surface area contributed by atoms with Gasteiger partial charge < -0.3 is 53.4 Å². The number of carbonyl (C=O) groups excluding carboxylic acids is 2. The number of hydrogen-bond acceptors (Lipinski definition) is 9. The number of imidazole rings is 1. The van der Waals surface area contributed by atoms with E-state index in [-0.39, 0.29) is 18.3 Å². The summed E-state index contributed by atoms with van der Waals surface area (Å²) in [5.41, 5.74) is 10.6. The van der Waals surface area contributed by atoms with Crippen LogP contribution in [0, 0.1) is 0 Å². The lowest BCUT2D eigenvalue weighted by Crippen LogP contribution is -3.00. The number of hydrogen-bond donors (Lipinski definition) is 4. The molecule has 0 aliphatic rings. The maximum Gasteiger partial charge on any atom is 0.221 e. The van der Waals surface area contributed by atoms with Crippen LogP contribution in [0.2, 0.25) is 0 Å². The average Bonchev–Trinajstić information content (AvgIpc) is 3.24. The first-order chi connectivity index (χ1) is 16.5. The number of unbranched alkanes of at least 4 members (excludes halogenated alkanes) is 1. The first-order valence-electron chi connectivity index (χ1n) is 11.4. The monoisotopic (exact) mass is 517 g/mol. The van der Waals surface area contributed by atoms with E-state index in [0.29, 0.717) is 62.9 Å². The number of likely N-dealkylation sites (N-methyl/N-ethyl adjacent to an activating group) is 1. The molecular formula is C21H40ClN9O4. The van der Waals surface area contributed by atoms with Gasteiger partial charge in [0.15, 0.2) is 11.5 Å². The number of nitrogens with zero attached hydrogens (tertiary/aromatic N) is 5. The molecule has 0 aliphatic heterocycles. The minimum atomic E-state index is -0.0558. The zero-order chi connectivity index (χ0) is 25.0. The van der Waals surface area contributed by atoms with Gasteiger partial charge in [0.2, 0.25) is 12.3 Å². The molecule has 35 heavy (non-hydrogen) atoms. The Morgan fingerprint density at radius 2 is 1.89 bits per heavy atom. The van der Waals surface area contributed by atoms with Crippen molar-refractivity contribution in [3.05, 3.63) is 12.7 Å². The second-order valence-electron chi connectivity index (χ2n) is 7.63. The third-order valence-electron chi connectivity index (χ3n) is 4.54. The first kappa shape index (κ1) is 32.4. The van der Waals surface area contributed by atoms with Crippen molar-refractivity contribution < 1.29 is 37.2 Å². The van der Waals surface area contributed by atoms with Crippen LogP contribution >= 0.6 is 0 Å². The van der Waals surface area contributed by atoms with Crippen molar-refractivity contribution in [1.82, 2.24) is 35.1 Å². The van der Waals surface area contributed by atoms with Gasteiger partial charge in [0.1, 0.15) is 11.8 Å². The summed E-state index contributed by atoms with van der Waals surface area (Å²) >= 11 is 0. The fourth-order valence-electron chi connectivity index (χ4n) is 2.67. The third-order valence-corrected chi connectivity index (χ3v) is 4.54.